The zero-order chi connectivity index (χ0) is 18.7. The number of hydrogen-bond donors (Lipinski definition) is 0. The van der Waals surface area contributed by atoms with Crippen LogP contribution >= 0.6 is 23.1 Å². The van der Waals surface area contributed by atoms with E-state index in [2.05, 4.69) is 47.2 Å². The van der Waals surface area contributed by atoms with Crippen molar-refractivity contribution in [2.24, 2.45) is 0 Å². The van der Waals surface area contributed by atoms with Crippen molar-refractivity contribution < 1.29 is 4.79 Å². The summed E-state index contributed by atoms with van der Waals surface area (Å²) in [4.78, 5) is 17.9. The van der Waals surface area contributed by atoms with Gasteiger partial charge in [-0.3, -0.25) is 14.3 Å². The lowest BCUT2D eigenvalue weighted by molar-refractivity contribution is -0.116. The predicted molar refractivity (Wildman–Crippen MR) is 106 cm³/mol. The van der Waals surface area contributed by atoms with E-state index in [1.807, 2.05) is 16.9 Å². The first-order valence-corrected chi connectivity index (χ1v) is 10.2. The summed E-state index contributed by atoms with van der Waals surface area (Å²) in [6.07, 6.45) is 1.74. The van der Waals surface area contributed by atoms with E-state index >= 15 is 0 Å². The Morgan fingerprint density at radius 1 is 1.35 bits per heavy atom. The molecule has 3 rings (SSSR count). The Bertz CT molecular complexity index is 918. The van der Waals surface area contributed by atoms with Crippen LogP contribution in [0.15, 0.2) is 35.1 Å². The highest BCUT2D eigenvalue weighted by Gasteiger charge is 2.15. The molecule has 0 unspecified atom stereocenters. The number of benzene rings is 1. The van der Waals surface area contributed by atoms with E-state index in [4.69, 9.17) is 0 Å². The summed E-state index contributed by atoms with van der Waals surface area (Å²) in [5.41, 5.74) is 4.43. The molecule has 0 aliphatic rings. The van der Waals surface area contributed by atoms with Gasteiger partial charge in [0, 0.05) is 24.6 Å². The normalized spacial score (nSPS) is 10.9. The smallest absolute Gasteiger partial charge is 0.225 e. The third kappa shape index (κ3) is 3.96. The molecule has 8 heteroatoms. The second-order valence-corrected chi connectivity index (χ2v) is 7.73. The van der Waals surface area contributed by atoms with Gasteiger partial charge in [0.15, 0.2) is 10.3 Å². The first kappa shape index (κ1) is 18.6. The van der Waals surface area contributed by atoms with Gasteiger partial charge in [0.2, 0.25) is 5.91 Å². The molecule has 0 fully saturated rings. The Balaban J connectivity index is 1.75. The molecule has 1 aromatic carbocycles. The van der Waals surface area contributed by atoms with Crippen molar-refractivity contribution in [2.45, 2.75) is 38.6 Å². The molecule has 0 saturated carbocycles. The lowest BCUT2D eigenvalue weighted by Crippen LogP contribution is -2.27. The van der Waals surface area contributed by atoms with Gasteiger partial charge < -0.3 is 0 Å². The van der Waals surface area contributed by atoms with Gasteiger partial charge in [0.05, 0.1) is 11.4 Å². The maximum Gasteiger partial charge on any atom is 0.225 e. The molecule has 0 aliphatic heterocycles. The number of aryl methyl sites for hydroxylation is 2. The topological polar surface area (TPSA) is 63.9 Å². The Labute approximate surface area is 161 Å². The monoisotopic (exact) mass is 387 g/mol. The van der Waals surface area contributed by atoms with E-state index < -0.39 is 0 Å². The minimum atomic E-state index is 0.00985. The molecule has 0 saturated heterocycles. The van der Waals surface area contributed by atoms with Gasteiger partial charge in [-0.05, 0) is 32.4 Å². The van der Waals surface area contributed by atoms with E-state index in [0.717, 1.165) is 21.7 Å². The first-order valence-electron chi connectivity index (χ1n) is 8.32. The Hall–Kier alpha value is -2.19. The number of amides is 1. The fourth-order valence-electron chi connectivity index (χ4n) is 2.68. The van der Waals surface area contributed by atoms with Crippen LogP contribution in [0.25, 0.3) is 5.69 Å². The fourth-order valence-corrected chi connectivity index (χ4v) is 4.53. The molecule has 26 heavy (non-hydrogen) atoms. The van der Waals surface area contributed by atoms with Crippen molar-refractivity contribution >= 4 is 34.1 Å². The van der Waals surface area contributed by atoms with Gasteiger partial charge in [-0.25, -0.2) is 4.98 Å². The molecule has 0 N–H and O–H groups in total. The van der Waals surface area contributed by atoms with Crippen molar-refractivity contribution in [3.63, 3.8) is 0 Å². The summed E-state index contributed by atoms with van der Waals surface area (Å²) in [7, 11) is 0. The number of thioether (sulfide) groups is 1. The highest BCUT2D eigenvalue weighted by atomic mass is 32.2. The molecule has 0 spiro atoms. The SMILES string of the molecule is CCN(C(C)=O)c1nc(CSc2nncn2-c2ccc(C)cc2C)cs1. The van der Waals surface area contributed by atoms with Gasteiger partial charge in [-0.15, -0.1) is 21.5 Å². The van der Waals surface area contributed by atoms with Crippen molar-refractivity contribution in [1.82, 2.24) is 19.7 Å². The molecule has 2 heterocycles. The number of carbonyl (C=O) groups excluding carboxylic acids is 1. The molecule has 3 aromatic rings. The van der Waals surface area contributed by atoms with Crippen molar-refractivity contribution in [1.29, 1.82) is 0 Å². The van der Waals surface area contributed by atoms with Crippen LogP contribution in [0.2, 0.25) is 0 Å². The minimum Gasteiger partial charge on any atom is -0.289 e. The Kier molecular flexibility index (Phi) is 5.73. The minimum absolute atomic E-state index is 0.00985. The van der Waals surface area contributed by atoms with E-state index in [1.165, 1.54) is 22.5 Å². The highest BCUT2D eigenvalue weighted by molar-refractivity contribution is 7.98. The van der Waals surface area contributed by atoms with E-state index in [1.54, 1.807) is 29.9 Å². The molecule has 0 aliphatic carbocycles. The number of rotatable bonds is 6. The van der Waals surface area contributed by atoms with Crippen LogP contribution in [0.3, 0.4) is 0 Å². The average molecular weight is 388 g/mol. The predicted octanol–water partition coefficient (Wildman–Crippen LogP) is 4.01. The summed E-state index contributed by atoms with van der Waals surface area (Å²) >= 11 is 3.08. The standard InChI is InChI=1S/C18H21N5OS2/c1-5-22(14(4)24)17-20-15(9-25-17)10-26-18-21-19-11-23(18)16-7-6-12(2)8-13(16)3/h6-9,11H,5,10H2,1-4H3. The van der Waals surface area contributed by atoms with Gasteiger partial charge >= 0.3 is 0 Å². The summed E-state index contributed by atoms with van der Waals surface area (Å²) in [6.45, 7) is 8.30. The summed E-state index contributed by atoms with van der Waals surface area (Å²) in [6, 6.07) is 6.33. The zero-order valence-electron chi connectivity index (χ0n) is 15.3. The second-order valence-electron chi connectivity index (χ2n) is 5.95. The maximum atomic E-state index is 11.7. The van der Waals surface area contributed by atoms with Crippen molar-refractivity contribution in [3.8, 4) is 5.69 Å². The average Bonchev–Trinajstić information content (AvgIpc) is 3.23. The third-order valence-electron chi connectivity index (χ3n) is 3.94. The van der Waals surface area contributed by atoms with Gasteiger partial charge in [-0.2, -0.15) is 0 Å². The molecule has 136 valence electrons. The van der Waals surface area contributed by atoms with Gasteiger partial charge in [0.1, 0.15) is 6.33 Å². The van der Waals surface area contributed by atoms with Gasteiger partial charge in [0.25, 0.3) is 0 Å². The van der Waals surface area contributed by atoms with Crippen LogP contribution in [0, 0.1) is 13.8 Å². The molecule has 1 amide bonds. The van der Waals surface area contributed by atoms with Crippen LogP contribution in [-0.4, -0.2) is 32.2 Å². The molecular weight excluding hydrogens is 366 g/mol. The first-order chi connectivity index (χ1) is 12.5. The molecule has 2 aromatic heterocycles. The maximum absolute atomic E-state index is 11.7. The fraction of sp³-hybridized carbons (Fsp3) is 0.333. The third-order valence-corrected chi connectivity index (χ3v) is 5.83. The molecule has 6 nitrogen and oxygen atoms in total. The summed E-state index contributed by atoms with van der Waals surface area (Å²) in [5, 5.41) is 11.9. The largest absolute Gasteiger partial charge is 0.289 e. The van der Waals surface area contributed by atoms with Crippen LogP contribution < -0.4 is 4.90 Å². The molecular formula is C18H21N5OS2. The van der Waals surface area contributed by atoms with Gasteiger partial charge in [-0.1, -0.05) is 29.5 Å². The molecule has 0 atom stereocenters. The van der Waals surface area contributed by atoms with E-state index in [-0.39, 0.29) is 5.91 Å². The van der Waals surface area contributed by atoms with Crippen LogP contribution in [0.5, 0.6) is 0 Å². The number of nitrogens with zero attached hydrogens (tertiary/aromatic N) is 5. The summed E-state index contributed by atoms with van der Waals surface area (Å²) < 4.78 is 2.00. The van der Waals surface area contributed by atoms with Crippen LogP contribution in [0.4, 0.5) is 5.13 Å². The van der Waals surface area contributed by atoms with Crippen molar-refractivity contribution in [3.05, 3.63) is 46.7 Å². The van der Waals surface area contributed by atoms with E-state index in [0.29, 0.717) is 12.3 Å². The lowest BCUT2D eigenvalue weighted by atomic mass is 10.1. The number of anilines is 1. The lowest BCUT2D eigenvalue weighted by Gasteiger charge is -2.14. The zero-order valence-corrected chi connectivity index (χ0v) is 16.9. The van der Waals surface area contributed by atoms with E-state index in [9.17, 15) is 4.79 Å². The molecule has 0 radical (unpaired) electrons. The van der Waals surface area contributed by atoms with Crippen LogP contribution in [-0.2, 0) is 10.5 Å². The Morgan fingerprint density at radius 2 is 2.15 bits per heavy atom. The molecule has 0 bridgehead atoms. The second kappa shape index (κ2) is 8.01. The quantitative estimate of drug-likeness (QED) is 0.598. The number of thiazole rings is 1. The number of hydrogen-bond acceptors (Lipinski definition) is 6. The highest BCUT2D eigenvalue weighted by Crippen LogP contribution is 2.28. The van der Waals surface area contributed by atoms with Crippen LogP contribution in [0.1, 0.15) is 30.7 Å². The van der Waals surface area contributed by atoms with Crippen molar-refractivity contribution in [2.75, 3.05) is 11.4 Å². The number of aromatic nitrogens is 4. The Morgan fingerprint density at radius 3 is 2.85 bits per heavy atom. The summed E-state index contributed by atoms with van der Waals surface area (Å²) in [5.74, 6) is 0.686. The number of carbonyl (C=O) groups is 1.